The summed E-state index contributed by atoms with van der Waals surface area (Å²) in [5.41, 5.74) is -0.368. The number of carboxylic acid groups (broad SMARTS) is 1. The highest BCUT2D eigenvalue weighted by Gasteiger charge is 2.18. The molecular formula is C11H17N3O3. The summed E-state index contributed by atoms with van der Waals surface area (Å²) >= 11 is 0. The predicted octanol–water partition coefficient (Wildman–Crippen LogP) is 0.690. The lowest BCUT2D eigenvalue weighted by molar-refractivity contribution is 0.0694. The summed E-state index contributed by atoms with van der Waals surface area (Å²) in [6.07, 6.45) is 1.28. The number of aliphatic hydroxyl groups is 1. The standard InChI is InChI=1S/C11H17N3O3/c1-7-8(9(15)16)5-12-10(13-7)14(4)6-11(2,3)17/h5,17H,6H2,1-4H3,(H,15,16). The van der Waals surface area contributed by atoms with Crippen LogP contribution in [0.25, 0.3) is 0 Å². The molecule has 6 nitrogen and oxygen atoms in total. The van der Waals surface area contributed by atoms with E-state index in [9.17, 15) is 9.90 Å². The monoisotopic (exact) mass is 239 g/mol. The molecule has 0 spiro atoms. The van der Waals surface area contributed by atoms with Crippen LogP contribution in [-0.4, -0.2) is 45.3 Å². The molecule has 17 heavy (non-hydrogen) atoms. The Kier molecular flexibility index (Phi) is 3.67. The molecule has 0 aliphatic rings. The average Bonchev–Trinajstić information content (AvgIpc) is 2.14. The van der Waals surface area contributed by atoms with Gasteiger partial charge in [-0.15, -0.1) is 0 Å². The second kappa shape index (κ2) is 4.67. The number of aromatic carboxylic acids is 1. The van der Waals surface area contributed by atoms with Crippen LogP contribution in [0.1, 0.15) is 29.9 Å². The zero-order valence-electron chi connectivity index (χ0n) is 10.4. The van der Waals surface area contributed by atoms with E-state index in [-0.39, 0.29) is 5.56 Å². The Morgan fingerprint density at radius 2 is 2.12 bits per heavy atom. The lowest BCUT2D eigenvalue weighted by Crippen LogP contribution is -2.37. The molecule has 0 bridgehead atoms. The third-order valence-electron chi connectivity index (χ3n) is 2.16. The van der Waals surface area contributed by atoms with Crippen molar-refractivity contribution in [3.05, 3.63) is 17.5 Å². The maximum absolute atomic E-state index is 10.8. The van der Waals surface area contributed by atoms with Crippen LogP contribution in [0, 0.1) is 6.92 Å². The third kappa shape index (κ3) is 3.67. The number of aromatic nitrogens is 2. The Balaban J connectivity index is 2.94. The Bertz CT molecular complexity index is 426. The average molecular weight is 239 g/mol. The number of hydrogen-bond acceptors (Lipinski definition) is 5. The van der Waals surface area contributed by atoms with Crippen molar-refractivity contribution in [3.8, 4) is 0 Å². The van der Waals surface area contributed by atoms with E-state index < -0.39 is 11.6 Å². The van der Waals surface area contributed by atoms with Crippen molar-refractivity contribution < 1.29 is 15.0 Å². The first-order valence-corrected chi connectivity index (χ1v) is 5.21. The van der Waals surface area contributed by atoms with E-state index in [1.54, 1.807) is 32.7 Å². The van der Waals surface area contributed by atoms with Crippen molar-refractivity contribution in [2.45, 2.75) is 26.4 Å². The minimum atomic E-state index is -1.04. The van der Waals surface area contributed by atoms with Crippen molar-refractivity contribution in [2.24, 2.45) is 0 Å². The van der Waals surface area contributed by atoms with E-state index in [0.717, 1.165) is 0 Å². The van der Waals surface area contributed by atoms with Crippen molar-refractivity contribution in [1.82, 2.24) is 9.97 Å². The summed E-state index contributed by atoms with van der Waals surface area (Å²) in [5, 5.41) is 18.5. The van der Waals surface area contributed by atoms with Crippen molar-refractivity contribution in [2.75, 3.05) is 18.5 Å². The van der Waals surface area contributed by atoms with E-state index in [1.807, 2.05) is 0 Å². The summed E-state index contributed by atoms with van der Waals surface area (Å²) in [6, 6.07) is 0. The number of anilines is 1. The van der Waals surface area contributed by atoms with Gasteiger partial charge in [-0.05, 0) is 20.8 Å². The molecule has 6 heteroatoms. The number of rotatable bonds is 4. The quantitative estimate of drug-likeness (QED) is 0.804. The third-order valence-corrected chi connectivity index (χ3v) is 2.16. The first kappa shape index (κ1) is 13.4. The number of carbonyl (C=O) groups is 1. The Morgan fingerprint density at radius 1 is 1.53 bits per heavy atom. The molecule has 1 aromatic rings. The lowest BCUT2D eigenvalue weighted by Gasteiger charge is -2.25. The van der Waals surface area contributed by atoms with Gasteiger partial charge in [0.15, 0.2) is 0 Å². The molecular weight excluding hydrogens is 222 g/mol. The minimum absolute atomic E-state index is 0.0883. The van der Waals surface area contributed by atoms with Gasteiger partial charge in [-0.2, -0.15) is 0 Å². The molecule has 0 atom stereocenters. The van der Waals surface area contributed by atoms with Crippen LogP contribution in [-0.2, 0) is 0 Å². The number of carboxylic acids is 1. The summed E-state index contributed by atoms with van der Waals surface area (Å²) in [5.74, 6) is -0.645. The van der Waals surface area contributed by atoms with Gasteiger partial charge in [0.05, 0.1) is 16.9 Å². The van der Waals surface area contributed by atoms with E-state index in [4.69, 9.17) is 5.11 Å². The molecule has 0 amide bonds. The molecule has 0 saturated carbocycles. The van der Waals surface area contributed by atoms with Crippen LogP contribution >= 0.6 is 0 Å². The molecule has 1 aromatic heterocycles. The normalized spacial score (nSPS) is 11.4. The Morgan fingerprint density at radius 3 is 2.53 bits per heavy atom. The van der Waals surface area contributed by atoms with Crippen LogP contribution in [0.5, 0.6) is 0 Å². The number of nitrogens with zero attached hydrogens (tertiary/aromatic N) is 3. The van der Waals surface area contributed by atoms with Gasteiger partial charge in [0.1, 0.15) is 0 Å². The van der Waals surface area contributed by atoms with Gasteiger partial charge in [-0.25, -0.2) is 14.8 Å². The SMILES string of the molecule is Cc1nc(N(C)CC(C)(C)O)ncc1C(=O)O. The predicted molar refractivity (Wildman–Crippen MR) is 63.3 cm³/mol. The van der Waals surface area contributed by atoms with E-state index in [0.29, 0.717) is 18.2 Å². The van der Waals surface area contributed by atoms with Crippen molar-refractivity contribution in [3.63, 3.8) is 0 Å². The number of hydrogen-bond donors (Lipinski definition) is 2. The number of likely N-dealkylation sites (N-methyl/N-ethyl adjacent to an activating group) is 1. The van der Waals surface area contributed by atoms with Gasteiger partial charge in [-0.3, -0.25) is 0 Å². The van der Waals surface area contributed by atoms with Crippen LogP contribution in [0.2, 0.25) is 0 Å². The fourth-order valence-electron chi connectivity index (χ4n) is 1.50. The maximum Gasteiger partial charge on any atom is 0.339 e. The maximum atomic E-state index is 10.8. The smallest absolute Gasteiger partial charge is 0.339 e. The Labute approximate surface area is 99.9 Å². The molecule has 1 rings (SSSR count). The zero-order valence-corrected chi connectivity index (χ0v) is 10.4. The van der Waals surface area contributed by atoms with Crippen LogP contribution in [0.4, 0.5) is 5.95 Å². The van der Waals surface area contributed by atoms with Gasteiger partial charge in [-0.1, -0.05) is 0 Å². The highest BCUT2D eigenvalue weighted by Crippen LogP contribution is 2.12. The van der Waals surface area contributed by atoms with Gasteiger partial charge in [0.2, 0.25) is 5.95 Å². The fourth-order valence-corrected chi connectivity index (χ4v) is 1.50. The summed E-state index contributed by atoms with van der Waals surface area (Å²) < 4.78 is 0. The first-order valence-electron chi connectivity index (χ1n) is 5.21. The molecule has 0 unspecified atom stereocenters. The van der Waals surface area contributed by atoms with E-state index >= 15 is 0 Å². The molecule has 1 heterocycles. The molecule has 0 fully saturated rings. The topological polar surface area (TPSA) is 86.5 Å². The summed E-state index contributed by atoms with van der Waals surface area (Å²) in [7, 11) is 1.74. The highest BCUT2D eigenvalue weighted by atomic mass is 16.4. The van der Waals surface area contributed by atoms with E-state index in [2.05, 4.69) is 9.97 Å². The second-order valence-corrected chi connectivity index (χ2v) is 4.64. The number of aryl methyl sites for hydroxylation is 1. The minimum Gasteiger partial charge on any atom is -0.478 e. The van der Waals surface area contributed by atoms with Crippen LogP contribution < -0.4 is 4.90 Å². The summed E-state index contributed by atoms with van der Waals surface area (Å²) in [4.78, 5) is 20.5. The molecule has 0 radical (unpaired) electrons. The Hall–Kier alpha value is -1.69. The first-order chi connectivity index (χ1) is 7.70. The fraction of sp³-hybridized carbons (Fsp3) is 0.545. The van der Waals surface area contributed by atoms with Gasteiger partial charge in [0.25, 0.3) is 0 Å². The molecule has 0 aliphatic heterocycles. The zero-order chi connectivity index (χ0) is 13.2. The molecule has 0 aromatic carbocycles. The van der Waals surface area contributed by atoms with Gasteiger partial charge in [0, 0.05) is 19.8 Å². The molecule has 2 N–H and O–H groups in total. The van der Waals surface area contributed by atoms with Crippen molar-refractivity contribution >= 4 is 11.9 Å². The van der Waals surface area contributed by atoms with Crippen LogP contribution in [0.15, 0.2) is 6.20 Å². The van der Waals surface area contributed by atoms with Gasteiger partial charge < -0.3 is 15.1 Å². The second-order valence-electron chi connectivity index (χ2n) is 4.64. The van der Waals surface area contributed by atoms with Crippen molar-refractivity contribution in [1.29, 1.82) is 0 Å². The molecule has 0 saturated heterocycles. The van der Waals surface area contributed by atoms with Gasteiger partial charge >= 0.3 is 5.97 Å². The highest BCUT2D eigenvalue weighted by molar-refractivity contribution is 5.88. The van der Waals surface area contributed by atoms with Crippen LogP contribution in [0.3, 0.4) is 0 Å². The summed E-state index contributed by atoms with van der Waals surface area (Å²) in [6.45, 7) is 5.34. The lowest BCUT2D eigenvalue weighted by atomic mass is 10.1. The molecule has 94 valence electrons. The molecule has 0 aliphatic carbocycles. The largest absolute Gasteiger partial charge is 0.478 e. The van der Waals surface area contributed by atoms with E-state index in [1.165, 1.54) is 6.20 Å².